The van der Waals surface area contributed by atoms with Crippen molar-refractivity contribution in [2.45, 2.75) is 18.0 Å². The van der Waals surface area contributed by atoms with Crippen LogP contribution < -0.4 is 5.32 Å². The lowest BCUT2D eigenvalue weighted by Gasteiger charge is -2.35. The zero-order valence-electron chi connectivity index (χ0n) is 14.2. The van der Waals surface area contributed by atoms with E-state index in [1.165, 1.54) is 22.5 Å². The van der Waals surface area contributed by atoms with Gasteiger partial charge in [0.25, 0.3) is 0 Å². The number of hydrogen-bond donors (Lipinski definition) is 1. The lowest BCUT2D eigenvalue weighted by molar-refractivity contribution is -0.138. The quantitative estimate of drug-likeness (QED) is 0.824. The van der Waals surface area contributed by atoms with Crippen LogP contribution in [-0.2, 0) is 22.0 Å². The van der Waals surface area contributed by atoms with Crippen molar-refractivity contribution in [3.63, 3.8) is 0 Å². The van der Waals surface area contributed by atoms with E-state index in [1.807, 2.05) is 0 Å². The molecule has 0 bridgehead atoms. The van der Waals surface area contributed by atoms with Gasteiger partial charge >= 0.3 is 6.18 Å². The third-order valence-corrected chi connectivity index (χ3v) is 6.11. The topological polar surface area (TPSA) is 62.3 Å². The number of rotatable bonds is 4. The fourth-order valence-corrected chi connectivity index (χ4v) is 4.84. The third-order valence-electron chi connectivity index (χ3n) is 4.28. The van der Waals surface area contributed by atoms with Crippen molar-refractivity contribution in [3.8, 4) is 0 Å². The molecule has 1 N–H and O–H groups in total. The molecule has 148 valence electrons. The van der Waals surface area contributed by atoms with Gasteiger partial charge in [0.2, 0.25) is 10.0 Å². The highest BCUT2D eigenvalue weighted by molar-refractivity contribution is 7.88. The zero-order chi connectivity index (χ0) is 18.8. The number of hydrogen-bond acceptors (Lipinski definition) is 4. The summed E-state index contributed by atoms with van der Waals surface area (Å²) in [5, 5.41) is 3.12. The van der Waals surface area contributed by atoms with Crippen LogP contribution >= 0.6 is 12.4 Å². The second-order valence-electron chi connectivity index (χ2n) is 6.03. The Morgan fingerprint density at radius 2 is 1.93 bits per heavy atom. The number of halogens is 4. The molecule has 1 aliphatic heterocycles. The van der Waals surface area contributed by atoms with Gasteiger partial charge < -0.3 is 5.32 Å². The minimum Gasteiger partial charge on any atom is -0.313 e. The monoisotopic (exact) mass is 421 g/mol. The Labute approximate surface area is 162 Å². The molecule has 1 aromatic carbocycles. The molecule has 3 rings (SSSR count). The molecule has 1 aromatic heterocycles. The Bertz CT molecular complexity index is 863. The van der Waals surface area contributed by atoms with Crippen molar-refractivity contribution in [2.24, 2.45) is 0 Å². The third kappa shape index (κ3) is 4.98. The number of aromatic nitrogens is 1. The largest absolute Gasteiger partial charge is 0.416 e. The van der Waals surface area contributed by atoms with Crippen LogP contribution in [0.4, 0.5) is 13.2 Å². The molecule has 0 aliphatic carbocycles. The second kappa shape index (κ2) is 8.55. The molecule has 1 aliphatic rings. The predicted octanol–water partition coefficient (Wildman–Crippen LogP) is 3.00. The predicted molar refractivity (Wildman–Crippen MR) is 97.9 cm³/mol. The molecule has 0 radical (unpaired) electrons. The molecule has 0 spiro atoms. The van der Waals surface area contributed by atoms with Gasteiger partial charge in [0, 0.05) is 32.0 Å². The van der Waals surface area contributed by atoms with Crippen LogP contribution in [0.15, 0.2) is 48.8 Å². The van der Waals surface area contributed by atoms with Gasteiger partial charge in [-0.2, -0.15) is 17.5 Å². The van der Waals surface area contributed by atoms with Crippen molar-refractivity contribution in [2.75, 3.05) is 19.6 Å². The lowest BCUT2D eigenvalue weighted by atomic mass is 10.1. The van der Waals surface area contributed by atoms with E-state index in [0.717, 1.165) is 6.07 Å². The van der Waals surface area contributed by atoms with E-state index in [1.54, 1.807) is 24.5 Å². The van der Waals surface area contributed by atoms with Gasteiger partial charge in [0.05, 0.1) is 17.4 Å². The maximum absolute atomic E-state index is 13.2. The number of piperazine rings is 1. The van der Waals surface area contributed by atoms with Crippen LogP contribution in [0, 0.1) is 0 Å². The fourth-order valence-electron chi connectivity index (χ4n) is 3.08. The van der Waals surface area contributed by atoms with E-state index < -0.39 is 33.6 Å². The minimum absolute atomic E-state index is 0. The van der Waals surface area contributed by atoms with E-state index in [9.17, 15) is 21.6 Å². The molecule has 10 heteroatoms. The van der Waals surface area contributed by atoms with Crippen molar-refractivity contribution in [1.29, 1.82) is 0 Å². The van der Waals surface area contributed by atoms with E-state index in [0.29, 0.717) is 18.7 Å². The first-order chi connectivity index (χ1) is 12.3. The SMILES string of the molecule is Cl.O=S(=O)(Cc1ccccc1C(F)(F)F)N1CCNCC1c1cccnc1. The first-order valence-electron chi connectivity index (χ1n) is 8.04. The standard InChI is InChI=1S/C17H18F3N3O2S.ClH/c18-17(19,20)15-6-2-1-4-14(15)12-26(24,25)23-9-8-22-11-16(23)13-5-3-7-21-10-13;/h1-7,10,16,22H,8-9,11-12H2;1H. The van der Waals surface area contributed by atoms with Gasteiger partial charge in [-0.25, -0.2) is 8.42 Å². The molecule has 5 nitrogen and oxygen atoms in total. The first kappa shape index (κ1) is 21.6. The highest BCUT2D eigenvalue weighted by Crippen LogP contribution is 2.34. The maximum Gasteiger partial charge on any atom is 0.416 e. The van der Waals surface area contributed by atoms with Gasteiger partial charge in [-0.15, -0.1) is 12.4 Å². The zero-order valence-corrected chi connectivity index (χ0v) is 15.8. The Hall–Kier alpha value is -1.68. The molecule has 2 heterocycles. The number of sulfonamides is 1. The van der Waals surface area contributed by atoms with Crippen molar-refractivity contribution in [3.05, 3.63) is 65.5 Å². The fraction of sp³-hybridized carbons (Fsp3) is 0.353. The van der Waals surface area contributed by atoms with Crippen LogP contribution in [0.2, 0.25) is 0 Å². The van der Waals surface area contributed by atoms with Crippen molar-refractivity contribution in [1.82, 2.24) is 14.6 Å². The Morgan fingerprint density at radius 1 is 1.19 bits per heavy atom. The average Bonchev–Trinajstić information content (AvgIpc) is 2.62. The van der Waals surface area contributed by atoms with Gasteiger partial charge in [0.1, 0.15) is 0 Å². The van der Waals surface area contributed by atoms with Crippen LogP contribution in [0.3, 0.4) is 0 Å². The summed E-state index contributed by atoms with van der Waals surface area (Å²) < 4.78 is 66.7. The Kier molecular flexibility index (Phi) is 6.85. The number of nitrogens with zero attached hydrogens (tertiary/aromatic N) is 2. The molecule has 1 saturated heterocycles. The summed E-state index contributed by atoms with van der Waals surface area (Å²) >= 11 is 0. The molecule has 0 saturated carbocycles. The van der Waals surface area contributed by atoms with Crippen molar-refractivity contribution >= 4 is 22.4 Å². The number of pyridine rings is 1. The number of nitrogens with one attached hydrogen (secondary N) is 1. The van der Waals surface area contributed by atoms with Crippen LogP contribution in [0.1, 0.15) is 22.7 Å². The Balaban J connectivity index is 0.00000261. The van der Waals surface area contributed by atoms with Crippen LogP contribution in [0.25, 0.3) is 0 Å². The van der Waals surface area contributed by atoms with Crippen LogP contribution in [0.5, 0.6) is 0 Å². The second-order valence-corrected chi connectivity index (χ2v) is 7.95. The summed E-state index contributed by atoms with van der Waals surface area (Å²) in [5.41, 5.74) is -0.465. The number of alkyl halides is 3. The number of benzene rings is 1. The van der Waals surface area contributed by atoms with Crippen molar-refractivity contribution < 1.29 is 21.6 Å². The maximum atomic E-state index is 13.2. The van der Waals surface area contributed by atoms with E-state index >= 15 is 0 Å². The minimum atomic E-state index is -4.60. The Morgan fingerprint density at radius 3 is 2.59 bits per heavy atom. The molecule has 1 atom stereocenters. The van der Waals surface area contributed by atoms with Crippen LogP contribution in [-0.4, -0.2) is 37.3 Å². The summed E-state index contributed by atoms with van der Waals surface area (Å²) in [7, 11) is -3.95. The molecule has 1 fully saturated rings. The lowest BCUT2D eigenvalue weighted by Crippen LogP contribution is -2.49. The summed E-state index contributed by atoms with van der Waals surface area (Å²) in [5.74, 6) is -0.695. The highest BCUT2D eigenvalue weighted by Gasteiger charge is 2.37. The van der Waals surface area contributed by atoms with Gasteiger partial charge in [0.15, 0.2) is 0 Å². The highest BCUT2D eigenvalue weighted by atomic mass is 35.5. The summed E-state index contributed by atoms with van der Waals surface area (Å²) in [6, 6.07) is 7.74. The molecule has 1 unspecified atom stereocenters. The molecular weight excluding hydrogens is 403 g/mol. The molecule has 2 aromatic rings. The average molecular weight is 422 g/mol. The van der Waals surface area contributed by atoms with E-state index in [-0.39, 0.29) is 24.5 Å². The smallest absolute Gasteiger partial charge is 0.313 e. The normalized spacial score (nSPS) is 18.7. The van der Waals surface area contributed by atoms with E-state index in [2.05, 4.69) is 10.3 Å². The molecule has 0 amide bonds. The summed E-state index contributed by atoms with van der Waals surface area (Å²) in [6.45, 7) is 1.01. The summed E-state index contributed by atoms with van der Waals surface area (Å²) in [4.78, 5) is 4.01. The van der Waals surface area contributed by atoms with Gasteiger partial charge in [-0.3, -0.25) is 4.98 Å². The van der Waals surface area contributed by atoms with Gasteiger partial charge in [-0.1, -0.05) is 24.3 Å². The van der Waals surface area contributed by atoms with E-state index in [4.69, 9.17) is 0 Å². The summed E-state index contributed by atoms with van der Waals surface area (Å²) in [6.07, 6.45) is -1.44. The first-order valence-corrected chi connectivity index (χ1v) is 9.65. The van der Waals surface area contributed by atoms with Gasteiger partial charge in [-0.05, 0) is 23.3 Å². The molecular formula is C17H19ClF3N3O2S. The molecule has 27 heavy (non-hydrogen) atoms.